The molecule has 1 aliphatic heterocycles. The molecule has 17 heavy (non-hydrogen) atoms. The van der Waals surface area contributed by atoms with Crippen molar-refractivity contribution in [2.45, 2.75) is 38.8 Å². The van der Waals surface area contributed by atoms with Gasteiger partial charge in [-0.1, -0.05) is 0 Å². The average Bonchev–Trinajstić information content (AvgIpc) is 2.84. The number of methoxy groups -OCH3 is 1. The summed E-state index contributed by atoms with van der Waals surface area (Å²) >= 11 is 0. The second-order valence-corrected chi connectivity index (χ2v) is 4.83. The summed E-state index contributed by atoms with van der Waals surface area (Å²) < 4.78 is 5.29. The molecule has 1 saturated heterocycles. The van der Waals surface area contributed by atoms with Gasteiger partial charge in [-0.2, -0.15) is 0 Å². The molecule has 0 spiro atoms. The maximum Gasteiger partial charge on any atom is 0.122 e. The molecule has 0 bridgehead atoms. The fourth-order valence-corrected chi connectivity index (χ4v) is 2.55. The number of nitrogens with one attached hydrogen (secondary N) is 1. The first-order chi connectivity index (χ1) is 8.13. The Morgan fingerprint density at radius 2 is 2.12 bits per heavy atom. The summed E-state index contributed by atoms with van der Waals surface area (Å²) in [5, 5.41) is 13.7. The van der Waals surface area contributed by atoms with Crippen molar-refractivity contribution in [3.05, 3.63) is 28.8 Å². The molecule has 1 fully saturated rings. The summed E-state index contributed by atoms with van der Waals surface area (Å²) in [6.45, 7) is 5.04. The Bertz CT molecular complexity index is 397. The topological polar surface area (TPSA) is 41.5 Å². The lowest BCUT2D eigenvalue weighted by atomic mass is 9.95. The fraction of sp³-hybridized carbons (Fsp3) is 0.571. The lowest BCUT2D eigenvalue weighted by Gasteiger charge is -2.21. The van der Waals surface area contributed by atoms with Crippen LogP contribution in [0.3, 0.4) is 0 Å². The van der Waals surface area contributed by atoms with Gasteiger partial charge in [0.25, 0.3) is 0 Å². The monoisotopic (exact) mass is 235 g/mol. The number of aryl methyl sites for hydroxylation is 2. The van der Waals surface area contributed by atoms with Gasteiger partial charge in [-0.15, -0.1) is 0 Å². The van der Waals surface area contributed by atoms with Gasteiger partial charge in [0.1, 0.15) is 5.75 Å². The largest absolute Gasteiger partial charge is 0.496 e. The van der Waals surface area contributed by atoms with Crippen molar-refractivity contribution < 1.29 is 9.84 Å². The van der Waals surface area contributed by atoms with E-state index >= 15 is 0 Å². The van der Waals surface area contributed by atoms with Crippen molar-refractivity contribution in [2.24, 2.45) is 0 Å². The van der Waals surface area contributed by atoms with Gasteiger partial charge in [0.15, 0.2) is 0 Å². The Balaban J connectivity index is 2.28. The minimum absolute atomic E-state index is 0.196. The third-order valence-electron chi connectivity index (χ3n) is 3.58. The van der Waals surface area contributed by atoms with E-state index in [1.807, 2.05) is 26.0 Å². The Hall–Kier alpha value is -1.06. The Morgan fingerprint density at radius 3 is 2.71 bits per heavy atom. The van der Waals surface area contributed by atoms with Crippen molar-refractivity contribution >= 4 is 0 Å². The van der Waals surface area contributed by atoms with Crippen molar-refractivity contribution in [3.8, 4) is 5.75 Å². The molecule has 0 radical (unpaired) electrons. The third-order valence-corrected chi connectivity index (χ3v) is 3.58. The minimum atomic E-state index is -0.415. The van der Waals surface area contributed by atoms with Crippen molar-refractivity contribution in [1.29, 1.82) is 0 Å². The van der Waals surface area contributed by atoms with E-state index in [9.17, 15) is 5.11 Å². The molecule has 2 unspecified atom stereocenters. The molecule has 3 nitrogen and oxygen atoms in total. The van der Waals surface area contributed by atoms with E-state index in [2.05, 4.69) is 5.32 Å². The first kappa shape index (κ1) is 12.4. The van der Waals surface area contributed by atoms with E-state index in [0.29, 0.717) is 0 Å². The number of benzene rings is 1. The molecule has 1 heterocycles. The Morgan fingerprint density at radius 1 is 1.35 bits per heavy atom. The zero-order valence-electron chi connectivity index (χ0n) is 10.8. The smallest absolute Gasteiger partial charge is 0.122 e. The Kier molecular flexibility index (Phi) is 3.69. The second-order valence-electron chi connectivity index (χ2n) is 4.83. The molecule has 0 saturated carbocycles. The molecule has 3 heteroatoms. The van der Waals surface area contributed by atoms with E-state index in [-0.39, 0.29) is 6.04 Å². The molecule has 0 aromatic heterocycles. The maximum atomic E-state index is 10.4. The predicted molar refractivity (Wildman–Crippen MR) is 68.5 cm³/mol. The van der Waals surface area contributed by atoms with Crippen LogP contribution in [0.2, 0.25) is 0 Å². The SMILES string of the molecule is COc1cc(C)c(C(O)C2CCCN2)cc1C. The van der Waals surface area contributed by atoms with Crippen LogP contribution in [0.25, 0.3) is 0 Å². The number of aliphatic hydroxyl groups is 1. The number of rotatable bonds is 3. The summed E-state index contributed by atoms with van der Waals surface area (Å²) in [4.78, 5) is 0. The normalized spacial score (nSPS) is 21.5. The van der Waals surface area contributed by atoms with Crippen LogP contribution < -0.4 is 10.1 Å². The van der Waals surface area contributed by atoms with Crippen LogP contribution in [0.5, 0.6) is 5.75 Å². The van der Waals surface area contributed by atoms with Crippen LogP contribution in [0.1, 0.15) is 35.6 Å². The predicted octanol–water partition coefficient (Wildman–Crippen LogP) is 2.10. The van der Waals surface area contributed by atoms with Crippen LogP contribution in [0.4, 0.5) is 0 Å². The average molecular weight is 235 g/mol. The van der Waals surface area contributed by atoms with E-state index in [1.165, 1.54) is 0 Å². The lowest BCUT2D eigenvalue weighted by Crippen LogP contribution is -2.29. The lowest BCUT2D eigenvalue weighted by molar-refractivity contribution is 0.136. The third kappa shape index (κ3) is 2.45. The summed E-state index contributed by atoms with van der Waals surface area (Å²) in [5.74, 6) is 0.887. The summed E-state index contributed by atoms with van der Waals surface area (Å²) in [6, 6.07) is 4.24. The zero-order valence-corrected chi connectivity index (χ0v) is 10.8. The highest BCUT2D eigenvalue weighted by atomic mass is 16.5. The highest BCUT2D eigenvalue weighted by Crippen LogP contribution is 2.30. The molecule has 2 rings (SSSR count). The maximum absolute atomic E-state index is 10.4. The van der Waals surface area contributed by atoms with Crippen LogP contribution in [0.15, 0.2) is 12.1 Å². The number of hydrogen-bond donors (Lipinski definition) is 2. The van der Waals surface area contributed by atoms with Crippen molar-refractivity contribution in [2.75, 3.05) is 13.7 Å². The van der Waals surface area contributed by atoms with Gasteiger partial charge in [-0.3, -0.25) is 0 Å². The van der Waals surface area contributed by atoms with Crippen LogP contribution >= 0.6 is 0 Å². The summed E-state index contributed by atoms with van der Waals surface area (Å²) in [5.41, 5.74) is 3.18. The molecule has 0 amide bonds. The molecule has 1 aromatic carbocycles. The van der Waals surface area contributed by atoms with Gasteiger partial charge in [0.05, 0.1) is 13.2 Å². The number of aliphatic hydroxyl groups excluding tert-OH is 1. The second kappa shape index (κ2) is 5.07. The molecule has 2 atom stereocenters. The van der Waals surface area contributed by atoms with Crippen molar-refractivity contribution in [3.63, 3.8) is 0 Å². The van der Waals surface area contributed by atoms with Crippen LogP contribution in [-0.4, -0.2) is 24.8 Å². The zero-order chi connectivity index (χ0) is 12.4. The van der Waals surface area contributed by atoms with Crippen LogP contribution in [0, 0.1) is 13.8 Å². The first-order valence-electron chi connectivity index (χ1n) is 6.20. The molecular formula is C14H21NO2. The van der Waals surface area contributed by atoms with Gasteiger partial charge in [0, 0.05) is 6.04 Å². The van der Waals surface area contributed by atoms with E-state index in [1.54, 1.807) is 7.11 Å². The quantitative estimate of drug-likeness (QED) is 0.843. The summed E-state index contributed by atoms with van der Waals surface area (Å²) in [6.07, 6.45) is 1.78. The van der Waals surface area contributed by atoms with Gasteiger partial charge < -0.3 is 15.2 Å². The van der Waals surface area contributed by atoms with Gasteiger partial charge >= 0.3 is 0 Å². The van der Waals surface area contributed by atoms with Gasteiger partial charge in [0.2, 0.25) is 0 Å². The molecule has 2 N–H and O–H groups in total. The molecular weight excluding hydrogens is 214 g/mol. The van der Waals surface area contributed by atoms with Crippen molar-refractivity contribution in [1.82, 2.24) is 5.32 Å². The number of ether oxygens (including phenoxy) is 1. The number of hydrogen-bond acceptors (Lipinski definition) is 3. The summed E-state index contributed by atoms with van der Waals surface area (Å²) in [7, 11) is 1.68. The van der Waals surface area contributed by atoms with E-state index in [0.717, 1.165) is 41.8 Å². The standard InChI is InChI=1S/C14H21NO2/c1-9-8-13(17-3)10(2)7-11(9)14(16)12-5-4-6-15-12/h7-8,12,14-16H,4-6H2,1-3H3. The highest BCUT2D eigenvalue weighted by Gasteiger charge is 2.25. The molecule has 1 aromatic rings. The molecule has 94 valence electrons. The fourth-order valence-electron chi connectivity index (χ4n) is 2.55. The first-order valence-corrected chi connectivity index (χ1v) is 6.20. The molecule has 1 aliphatic rings. The highest BCUT2D eigenvalue weighted by molar-refractivity contribution is 5.42. The van der Waals surface area contributed by atoms with E-state index < -0.39 is 6.10 Å². The Labute approximate surface area is 103 Å². The van der Waals surface area contributed by atoms with Gasteiger partial charge in [-0.25, -0.2) is 0 Å². The van der Waals surface area contributed by atoms with Crippen LogP contribution in [-0.2, 0) is 0 Å². The molecule has 0 aliphatic carbocycles. The van der Waals surface area contributed by atoms with E-state index in [4.69, 9.17) is 4.74 Å². The van der Waals surface area contributed by atoms with Gasteiger partial charge in [-0.05, 0) is 62.1 Å². The minimum Gasteiger partial charge on any atom is -0.496 e.